The van der Waals surface area contributed by atoms with Gasteiger partial charge in [-0.25, -0.2) is 8.78 Å². The molecule has 3 aliphatic heterocycles. The number of pyridine rings is 1. The highest BCUT2D eigenvalue weighted by Gasteiger charge is 2.47. The molecular formula is C66H93F2N13O13. The summed E-state index contributed by atoms with van der Waals surface area (Å²) in [6, 6.07) is 14.4. The van der Waals surface area contributed by atoms with Gasteiger partial charge in [-0.3, -0.25) is 72.7 Å². The number of aromatic nitrogens is 1. The number of carbonyl (C=O) groups is 9. The van der Waals surface area contributed by atoms with E-state index in [9.17, 15) is 72.5 Å². The Bertz CT molecular complexity index is 3070. The molecule has 0 saturated carbocycles. The van der Waals surface area contributed by atoms with Gasteiger partial charge in [-0.2, -0.15) is 5.26 Å². The number of fused-ring (bicyclic) bond motifs is 1. The molecule has 0 spiro atoms. The predicted octanol–water partition coefficient (Wildman–Crippen LogP) is 3.80. The van der Waals surface area contributed by atoms with Crippen molar-refractivity contribution in [2.24, 2.45) is 10.9 Å². The molecule has 2 atom stereocenters. The van der Waals surface area contributed by atoms with Crippen LogP contribution in [0.3, 0.4) is 0 Å². The molecule has 26 nitrogen and oxygen atoms in total. The largest absolute Gasteiger partial charge is 0.494 e. The van der Waals surface area contributed by atoms with Gasteiger partial charge in [0.15, 0.2) is 0 Å². The maximum atomic E-state index is 13.9. The van der Waals surface area contributed by atoms with Gasteiger partial charge in [0.1, 0.15) is 17.8 Å². The van der Waals surface area contributed by atoms with Crippen LogP contribution in [0.5, 0.6) is 5.75 Å². The number of aryl methyl sites for hydroxylation is 2. The zero-order valence-corrected chi connectivity index (χ0v) is 54.2. The van der Waals surface area contributed by atoms with Gasteiger partial charge in [-0.05, 0) is 120 Å². The third kappa shape index (κ3) is 27.0. The quantitative estimate of drug-likeness (QED) is 0.0259. The number of amides is 6. The molecule has 28 heteroatoms. The first-order valence-electron chi connectivity index (χ1n) is 32.7. The predicted molar refractivity (Wildman–Crippen MR) is 345 cm³/mol. The fraction of sp³-hybridized carbons (Fsp3) is 0.606. The molecule has 0 unspecified atom stereocenters. The number of hydrogen-bond acceptors (Lipinski definition) is 17. The third-order valence-electron chi connectivity index (χ3n) is 17.0. The molecule has 6 amide bonds. The van der Waals surface area contributed by atoms with Crippen molar-refractivity contribution in [3.05, 3.63) is 71.4 Å². The molecule has 2 aromatic carbocycles. The first-order chi connectivity index (χ1) is 45.0. The number of rotatable bonds is 33. The van der Waals surface area contributed by atoms with Crippen LogP contribution in [-0.2, 0) is 44.8 Å². The highest BCUT2D eigenvalue weighted by atomic mass is 19.3. The number of alkyl halides is 2. The normalized spacial score (nSPS) is 17.6. The fourth-order valence-electron chi connectivity index (χ4n) is 11.8. The summed E-state index contributed by atoms with van der Waals surface area (Å²) in [6.45, 7) is 5.29. The second-order valence-corrected chi connectivity index (χ2v) is 24.6. The molecule has 0 aliphatic carbocycles. The van der Waals surface area contributed by atoms with E-state index in [4.69, 9.17) is 4.74 Å². The molecule has 3 aromatic rings. The Balaban J connectivity index is 0.932. The van der Waals surface area contributed by atoms with E-state index in [1.54, 1.807) is 50.8 Å². The topological polar surface area (TPSA) is 340 Å². The van der Waals surface area contributed by atoms with Crippen LogP contribution in [0, 0.1) is 24.2 Å². The number of nitrogens with one attached hydrogen (secondary N) is 4. The molecule has 0 radical (unpaired) electrons. The van der Waals surface area contributed by atoms with Crippen LogP contribution in [-0.4, -0.2) is 251 Å². The number of aliphatic carboxylic acids is 3. The first kappa shape index (κ1) is 74.8. The molecule has 0 bridgehead atoms. The lowest BCUT2D eigenvalue weighted by molar-refractivity contribution is -0.140. The highest BCUT2D eigenvalue weighted by Crippen LogP contribution is 2.32. The van der Waals surface area contributed by atoms with Crippen molar-refractivity contribution in [2.45, 2.75) is 128 Å². The van der Waals surface area contributed by atoms with Crippen LogP contribution in [0.15, 0.2) is 59.7 Å². The number of ether oxygens (including phenoxy) is 1. The van der Waals surface area contributed by atoms with Crippen LogP contribution < -0.4 is 26.0 Å². The van der Waals surface area contributed by atoms with Gasteiger partial charge in [0.05, 0.1) is 68.9 Å². The number of unbranched alkanes of at least 4 members (excludes halogenated alkanes) is 3. The SMILES string of the molecule is C/C(=N\CCCC[C@H](NC(=O)CN1CCN(CC(=O)O)CCN(CC(=O)O)CCN(CC(=O)O)CC1)C(=O)NCCCCCC(=O)N1CCC(CCCOc2ccc3nccc(C(=O)NCC(=O)N4CC(F)(F)C[C@@H]4C#N)c3c2)CC1)NC(=O)CCCc1ccc(C)cc1. The summed E-state index contributed by atoms with van der Waals surface area (Å²) in [5.74, 6) is -7.30. The third-order valence-corrected chi connectivity index (χ3v) is 17.0. The summed E-state index contributed by atoms with van der Waals surface area (Å²) in [5, 5.41) is 49.9. The van der Waals surface area contributed by atoms with Crippen LogP contribution in [0.4, 0.5) is 8.78 Å². The number of carboxylic acids is 3. The maximum Gasteiger partial charge on any atom is 0.317 e. The average molecular weight is 1310 g/mol. The van der Waals surface area contributed by atoms with Crippen LogP contribution in [0.2, 0.25) is 0 Å². The number of piperidine rings is 1. The lowest BCUT2D eigenvalue weighted by atomic mass is 9.92. The standard InChI is InChI=1S/C66H93F2N13O13/c1-47-15-17-49(18-16-47)10-8-13-57(82)74-48(2)70-24-7-5-12-56(75-58(83)42-76-29-31-77(43-61(86)87)33-35-79(45-63(90)91)36-34-78(32-30-76)44-62(88)89)65(93)72-25-6-3-4-14-59(84)80-27-22-50(23-28-80)11-9-37-94-52-19-20-55-54(38-52)53(21-26-71-55)64(92)73-41-60(85)81-46-66(67,68)39-51(81)40-69/h15-21,26,38,50-51,56H,3-14,22-25,27-37,39,41-46H2,1-2H3,(H,72,93)(H,73,92)(H,75,83)(H,86,87)(H,88,89)(H,90,91)(H,70,74,82)/t51-,56+/m1/s1. The molecule has 7 N–H and O–H groups in total. The summed E-state index contributed by atoms with van der Waals surface area (Å²) in [4.78, 5) is 133. The number of benzene rings is 2. The van der Waals surface area contributed by atoms with Crippen molar-refractivity contribution in [1.29, 1.82) is 5.26 Å². The molecule has 3 aliphatic rings. The Hall–Kier alpha value is -8.26. The van der Waals surface area contributed by atoms with Gasteiger partial charge >= 0.3 is 17.9 Å². The van der Waals surface area contributed by atoms with E-state index in [1.165, 1.54) is 17.8 Å². The van der Waals surface area contributed by atoms with Crippen molar-refractivity contribution in [2.75, 3.05) is 124 Å². The zero-order chi connectivity index (χ0) is 68.0. The molecule has 94 heavy (non-hydrogen) atoms. The Morgan fingerprint density at radius 1 is 0.723 bits per heavy atom. The van der Waals surface area contributed by atoms with Crippen LogP contribution >= 0.6 is 0 Å². The fourth-order valence-corrected chi connectivity index (χ4v) is 11.8. The second kappa shape index (κ2) is 38.8. The maximum absolute atomic E-state index is 13.9. The van der Waals surface area contributed by atoms with Gasteiger partial charge in [-0.15, -0.1) is 0 Å². The summed E-state index contributed by atoms with van der Waals surface area (Å²) in [5.41, 5.74) is 3.06. The number of carbonyl (C=O) groups excluding carboxylic acids is 6. The van der Waals surface area contributed by atoms with E-state index in [0.717, 1.165) is 42.6 Å². The number of nitrogens with zero attached hydrogens (tertiary/aromatic N) is 9. The lowest BCUT2D eigenvalue weighted by Gasteiger charge is -2.33. The molecule has 3 fully saturated rings. The molecule has 3 saturated heterocycles. The number of carboxylic acid groups (broad SMARTS) is 3. The van der Waals surface area contributed by atoms with Crippen LogP contribution in [0.25, 0.3) is 10.9 Å². The number of hydrogen-bond donors (Lipinski definition) is 7. The Labute approximate surface area is 547 Å². The lowest BCUT2D eigenvalue weighted by Crippen LogP contribution is -2.52. The monoisotopic (exact) mass is 1310 g/mol. The summed E-state index contributed by atoms with van der Waals surface area (Å²) >= 11 is 0. The number of nitriles is 1. The minimum absolute atomic E-state index is 0.0718. The molecule has 1 aromatic heterocycles. The number of halogens is 2. The molecule has 4 heterocycles. The van der Waals surface area contributed by atoms with Gasteiger partial charge < -0.3 is 51.1 Å². The number of likely N-dealkylation sites (tertiary alicyclic amines) is 2. The van der Waals surface area contributed by atoms with Crippen molar-refractivity contribution in [3.63, 3.8) is 0 Å². The number of aliphatic imine (C=N–C) groups is 1. The highest BCUT2D eigenvalue weighted by molar-refractivity contribution is 6.07. The Morgan fingerprint density at radius 2 is 1.35 bits per heavy atom. The minimum atomic E-state index is -3.18. The Kier molecular flexibility index (Phi) is 30.9. The van der Waals surface area contributed by atoms with E-state index in [-0.39, 0.29) is 108 Å². The van der Waals surface area contributed by atoms with E-state index < -0.39 is 73.1 Å². The smallest absolute Gasteiger partial charge is 0.317 e. The van der Waals surface area contributed by atoms with Crippen molar-refractivity contribution in [1.82, 2.24) is 55.7 Å². The van der Waals surface area contributed by atoms with Gasteiger partial charge in [0.2, 0.25) is 29.5 Å². The number of amidine groups is 1. The average Bonchev–Trinajstić information content (AvgIpc) is 1.02. The zero-order valence-electron chi connectivity index (χ0n) is 54.2. The van der Waals surface area contributed by atoms with E-state index in [1.807, 2.05) is 24.0 Å². The van der Waals surface area contributed by atoms with Gasteiger partial charge in [-0.1, -0.05) is 36.2 Å². The van der Waals surface area contributed by atoms with Crippen molar-refractivity contribution in [3.8, 4) is 11.8 Å². The molecule has 514 valence electrons. The first-order valence-corrected chi connectivity index (χ1v) is 32.7. The summed E-state index contributed by atoms with van der Waals surface area (Å²) in [7, 11) is 0. The Morgan fingerprint density at radius 3 is 1.97 bits per heavy atom. The second-order valence-electron chi connectivity index (χ2n) is 24.6. The van der Waals surface area contributed by atoms with E-state index in [2.05, 4.69) is 43.4 Å². The van der Waals surface area contributed by atoms with Gasteiger partial charge in [0.25, 0.3) is 11.8 Å². The summed E-state index contributed by atoms with van der Waals surface area (Å²) < 4.78 is 33.9. The summed E-state index contributed by atoms with van der Waals surface area (Å²) in [6.07, 6.45) is 9.40. The van der Waals surface area contributed by atoms with Crippen molar-refractivity contribution < 1.29 is 72.0 Å². The molecule has 6 rings (SSSR count). The van der Waals surface area contributed by atoms with E-state index in [0.29, 0.717) is 113 Å². The van der Waals surface area contributed by atoms with E-state index >= 15 is 0 Å². The molecular weight excluding hydrogens is 1220 g/mol. The van der Waals surface area contributed by atoms with Crippen LogP contribution in [0.1, 0.15) is 118 Å². The minimum Gasteiger partial charge on any atom is -0.494 e. The van der Waals surface area contributed by atoms with Gasteiger partial charge in [0, 0.05) is 109 Å². The van der Waals surface area contributed by atoms with Crippen molar-refractivity contribution >= 4 is 70.1 Å².